The molecule has 1 rings (SSSR count). The molecule has 0 fully saturated rings. The van der Waals surface area contributed by atoms with Crippen molar-refractivity contribution in [2.75, 3.05) is 19.0 Å². The zero-order chi connectivity index (χ0) is 17.9. The third kappa shape index (κ3) is 6.06. The minimum atomic E-state index is -1.03. The Hall–Kier alpha value is -2.31. The molecule has 0 aliphatic rings. The third-order valence-electron chi connectivity index (χ3n) is 3.71. The van der Waals surface area contributed by atoms with E-state index in [4.69, 9.17) is 9.47 Å². The van der Waals surface area contributed by atoms with Gasteiger partial charge in [-0.3, -0.25) is 10.1 Å². The molecule has 0 unspecified atom stereocenters. The van der Waals surface area contributed by atoms with Gasteiger partial charge in [0.25, 0.3) is 0 Å². The maximum absolute atomic E-state index is 12.2. The second kappa shape index (κ2) is 10.5. The van der Waals surface area contributed by atoms with Crippen LogP contribution in [0.5, 0.6) is 5.75 Å². The molecule has 1 N–H and O–H groups in total. The predicted octanol–water partition coefficient (Wildman–Crippen LogP) is 3.26. The van der Waals surface area contributed by atoms with E-state index in [0.29, 0.717) is 24.3 Å². The van der Waals surface area contributed by atoms with Gasteiger partial charge in [0.15, 0.2) is 6.04 Å². The van der Waals surface area contributed by atoms with Gasteiger partial charge >= 0.3 is 5.97 Å². The quantitative estimate of drug-likeness (QED) is 0.288. The fourth-order valence-electron chi connectivity index (χ4n) is 2.41. The van der Waals surface area contributed by atoms with E-state index in [0.717, 1.165) is 12.8 Å². The van der Waals surface area contributed by atoms with Gasteiger partial charge in [-0.25, -0.2) is 4.79 Å². The highest BCUT2D eigenvalue weighted by molar-refractivity contribution is 5.80. The van der Waals surface area contributed by atoms with E-state index in [1.165, 1.54) is 0 Å². The Labute approximate surface area is 142 Å². The minimum absolute atomic E-state index is 0.180. The predicted molar refractivity (Wildman–Crippen MR) is 92.0 cm³/mol. The molecule has 7 heteroatoms. The lowest BCUT2D eigenvalue weighted by atomic mass is 10.0. The van der Waals surface area contributed by atoms with Crippen molar-refractivity contribution in [3.63, 3.8) is 0 Å². The smallest absolute Gasteiger partial charge is 0.335 e. The first-order valence-electron chi connectivity index (χ1n) is 8.24. The van der Waals surface area contributed by atoms with Gasteiger partial charge in [0, 0.05) is 17.0 Å². The van der Waals surface area contributed by atoms with Gasteiger partial charge in [-0.2, -0.15) is 0 Å². The van der Waals surface area contributed by atoms with E-state index in [1.54, 1.807) is 38.3 Å². The van der Waals surface area contributed by atoms with Crippen LogP contribution in [0.4, 0.5) is 5.69 Å². The number of carbonyl (C=O) groups excluding carboxylic acids is 1. The Morgan fingerprint density at radius 2 is 1.92 bits per heavy atom. The minimum Gasteiger partial charge on any atom is -0.497 e. The zero-order valence-electron chi connectivity index (χ0n) is 14.5. The summed E-state index contributed by atoms with van der Waals surface area (Å²) in [6.07, 6.45) is 2.87. The van der Waals surface area contributed by atoms with E-state index in [2.05, 4.69) is 5.32 Å². The van der Waals surface area contributed by atoms with Crippen LogP contribution in [0.15, 0.2) is 24.3 Å². The third-order valence-corrected chi connectivity index (χ3v) is 3.71. The van der Waals surface area contributed by atoms with Gasteiger partial charge in [-0.1, -0.05) is 19.8 Å². The number of nitrogens with one attached hydrogen (secondary N) is 1. The van der Waals surface area contributed by atoms with Crippen molar-refractivity contribution in [3.05, 3.63) is 34.4 Å². The first kappa shape index (κ1) is 19.7. The number of hydrogen-bond donors (Lipinski definition) is 1. The van der Waals surface area contributed by atoms with Crippen molar-refractivity contribution in [1.82, 2.24) is 0 Å². The molecule has 0 bridgehead atoms. The molecule has 0 aromatic heterocycles. The number of benzene rings is 1. The monoisotopic (exact) mass is 338 g/mol. The zero-order valence-corrected chi connectivity index (χ0v) is 14.5. The molecule has 0 heterocycles. The summed E-state index contributed by atoms with van der Waals surface area (Å²) in [5.41, 5.74) is 0.608. The van der Waals surface area contributed by atoms with Crippen LogP contribution in [0, 0.1) is 10.1 Å². The number of hydrogen-bond acceptors (Lipinski definition) is 6. The van der Waals surface area contributed by atoms with Crippen molar-refractivity contribution >= 4 is 11.7 Å². The number of nitro groups is 1. The molecule has 0 saturated heterocycles. The second-order valence-corrected chi connectivity index (χ2v) is 5.45. The molecule has 0 aliphatic carbocycles. The van der Waals surface area contributed by atoms with Crippen LogP contribution in [-0.4, -0.2) is 36.7 Å². The van der Waals surface area contributed by atoms with Crippen LogP contribution in [0.1, 0.15) is 39.5 Å². The van der Waals surface area contributed by atoms with Crippen molar-refractivity contribution in [3.8, 4) is 5.75 Å². The molecule has 0 saturated carbocycles. The van der Waals surface area contributed by atoms with Gasteiger partial charge in [-0.15, -0.1) is 0 Å². The SMILES string of the molecule is CCCCC[C@@H]([C@H](Nc1ccc(OC)cc1)C(=O)OCC)[N+](=O)[O-]. The Balaban J connectivity index is 2.94. The highest BCUT2D eigenvalue weighted by Crippen LogP contribution is 2.19. The Bertz CT molecular complexity index is 518. The van der Waals surface area contributed by atoms with Crippen LogP contribution >= 0.6 is 0 Å². The van der Waals surface area contributed by atoms with Gasteiger partial charge in [-0.05, 0) is 37.6 Å². The van der Waals surface area contributed by atoms with Gasteiger partial charge in [0.2, 0.25) is 6.04 Å². The number of ether oxygens (including phenoxy) is 2. The maximum atomic E-state index is 12.2. The molecule has 2 atom stereocenters. The lowest BCUT2D eigenvalue weighted by Crippen LogP contribution is -2.46. The van der Waals surface area contributed by atoms with Crippen molar-refractivity contribution in [2.45, 2.75) is 51.6 Å². The first-order valence-corrected chi connectivity index (χ1v) is 8.24. The average Bonchev–Trinajstić information content (AvgIpc) is 2.57. The number of anilines is 1. The average molecular weight is 338 g/mol. The molecule has 0 aliphatic heterocycles. The Morgan fingerprint density at radius 3 is 2.42 bits per heavy atom. The molecule has 24 heavy (non-hydrogen) atoms. The molecule has 7 nitrogen and oxygen atoms in total. The molecule has 0 amide bonds. The molecule has 1 aromatic carbocycles. The van der Waals surface area contributed by atoms with Crippen LogP contribution in [0.3, 0.4) is 0 Å². The maximum Gasteiger partial charge on any atom is 0.335 e. The number of methoxy groups -OCH3 is 1. The lowest BCUT2D eigenvalue weighted by Gasteiger charge is -2.21. The second-order valence-electron chi connectivity index (χ2n) is 5.45. The van der Waals surface area contributed by atoms with E-state index in [1.807, 2.05) is 6.92 Å². The summed E-state index contributed by atoms with van der Waals surface area (Å²) in [7, 11) is 1.56. The summed E-state index contributed by atoms with van der Waals surface area (Å²) in [5.74, 6) is 0.0634. The molecular formula is C17H26N2O5. The number of rotatable bonds is 11. The topological polar surface area (TPSA) is 90.7 Å². The lowest BCUT2D eigenvalue weighted by molar-refractivity contribution is -0.524. The summed E-state index contributed by atoms with van der Waals surface area (Å²) >= 11 is 0. The number of nitrogens with zero attached hydrogens (tertiary/aromatic N) is 1. The van der Waals surface area contributed by atoms with Gasteiger partial charge in [0.1, 0.15) is 5.75 Å². The van der Waals surface area contributed by atoms with Gasteiger partial charge in [0.05, 0.1) is 13.7 Å². The van der Waals surface area contributed by atoms with Gasteiger partial charge < -0.3 is 14.8 Å². The van der Waals surface area contributed by atoms with Crippen LogP contribution in [0.2, 0.25) is 0 Å². The van der Waals surface area contributed by atoms with E-state index >= 15 is 0 Å². The number of carbonyl (C=O) groups is 1. The van der Waals surface area contributed by atoms with Crippen LogP contribution in [0.25, 0.3) is 0 Å². The summed E-state index contributed by atoms with van der Waals surface area (Å²) < 4.78 is 10.1. The van der Waals surface area contributed by atoms with E-state index < -0.39 is 23.0 Å². The fraction of sp³-hybridized carbons (Fsp3) is 0.588. The van der Waals surface area contributed by atoms with Crippen molar-refractivity contribution in [2.24, 2.45) is 0 Å². The molecule has 0 radical (unpaired) electrons. The highest BCUT2D eigenvalue weighted by atomic mass is 16.6. The first-order chi connectivity index (χ1) is 11.5. The fourth-order valence-corrected chi connectivity index (χ4v) is 2.41. The van der Waals surface area contributed by atoms with E-state index in [9.17, 15) is 14.9 Å². The summed E-state index contributed by atoms with van der Waals surface area (Å²) in [6, 6.07) is 4.83. The van der Waals surface area contributed by atoms with Crippen LogP contribution in [-0.2, 0) is 9.53 Å². The number of esters is 1. The Morgan fingerprint density at radius 1 is 1.25 bits per heavy atom. The van der Waals surface area contributed by atoms with Crippen LogP contribution < -0.4 is 10.1 Å². The van der Waals surface area contributed by atoms with Crippen molar-refractivity contribution < 1.29 is 19.2 Å². The molecule has 0 spiro atoms. The number of unbranched alkanes of at least 4 members (excludes halogenated alkanes) is 2. The standard InChI is InChI=1S/C17H26N2O5/c1-4-6-7-8-15(19(21)22)16(17(20)24-5-2)18-13-9-11-14(23-3)12-10-13/h9-12,15-16,18H,4-8H2,1-3H3/t15-,16-/m0/s1. The normalized spacial score (nSPS) is 13.0. The molecular weight excluding hydrogens is 312 g/mol. The summed E-state index contributed by atoms with van der Waals surface area (Å²) in [6.45, 7) is 3.89. The Kier molecular flexibility index (Phi) is 8.60. The summed E-state index contributed by atoms with van der Waals surface area (Å²) in [4.78, 5) is 23.3. The molecule has 134 valence electrons. The largest absolute Gasteiger partial charge is 0.497 e. The summed E-state index contributed by atoms with van der Waals surface area (Å²) in [5, 5.41) is 14.4. The highest BCUT2D eigenvalue weighted by Gasteiger charge is 2.37. The van der Waals surface area contributed by atoms with Crippen molar-refractivity contribution in [1.29, 1.82) is 0 Å². The molecule has 1 aromatic rings. The van der Waals surface area contributed by atoms with E-state index in [-0.39, 0.29) is 6.61 Å².